The van der Waals surface area contributed by atoms with Crippen LogP contribution in [0.3, 0.4) is 0 Å². The molecule has 3 aromatic carbocycles. The first-order valence-corrected chi connectivity index (χ1v) is 13.2. The number of thioether (sulfide) groups is 1. The van der Waals surface area contributed by atoms with E-state index in [1.165, 1.54) is 0 Å². The van der Waals surface area contributed by atoms with Crippen LogP contribution in [0.2, 0.25) is 10.0 Å². The highest BCUT2D eigenvalue weighted by Gasteiger charge is 2.38. The fourth-order valence-electron chi connectivity index (χ4n) is 3.35. The van der Waals surface area contributed by atoms with Gasteiger partial charge in [0.15, 0.2) is 6.61 Å². The van der Waals surface area contributed by atoms with Gasteiger partial charge in [0.1, 0.15) is 11.9 Å². The van der Waals surface area contributed by atoms with Crippen molar-refractivity contribution >= 4 is 40.7 Å². The highest BCUT2D eigenvalue weighted by molar-refractivity contribution is 7.99. The molecule has 0 N–H and O–H groups in total. The van der Waals surface area contributed by atoms with Gasteiger partial charge in [-0.15, -0.1) is 0 Å². The average molecular weight is 557 g/mol. The number of hydrogen-bond acceptors (Lipinski definition) is 4. The summed E-state index contributed by atoms with van der Waals surface area (Å²) >= 11 is 13.9. The molecule has 0 aliphatic heterocycles. The van der Waals surface area contributed by atoms with Gasteiger partial charge in [-0.3, -0.25) is 4.79 Å². The first-order valence-electron chi connectivity index (χ1n) is 11.2. The summed E-state index contributed by atoms with van der Waals surface area (Å²) in [4.78, 5) is 10.9. The SMILES string of the molecule is O=C(COc1ccc(CCCSCCOC(c2ccc(Cl)cc2)c2ccc(Cl)cc2)cc1)C(F)(F)F. The van der Waals surface area contributed by atoms with Crippen molar-refractivity contribution < 1.29 is 27.4 Å². The molecule has 9 heteroatoms. The smallest absolute Gasteiger partial charge is 0.453 e. The number of Topliss-reactive ketones (excluding diaryl/α,β-unsaturated/α-hetero) is 1. The van der Waals surface area contributed by atoms with Crippen LogP contribution in [-0.4, -0.2) is 36.7 Å². The van der Waals surface area contributed by atoms with Crippen molar-refractivity contribution in [3.05, 3.63) is 99.5 Å². The average Bonchev–Trinajstić information content (AvgIpc) is 2.86. The lowest BCUT2D eigenvalue weighted by Gasteiger charge is -2.19. The third-order valence-electron chi connectivity index (χ3n) is 5.22. The minimum atomic E-state index is -4.88. The lowest BCUT2D eigenvalue weighted by molar-refractivity contribution is -0.173. The van der Waals surface area contributed by atoms with Crippen LogP contribution in [0.5, 0.6) is 5.75 Å². The Morgan fingerprint density at radius 2 is 1.39 bits per heavy atom. The van der Waals surface area contributed by atoms with E-state index in [1.54, 1.807) is 36.0 Å². The Morgan fingerprint density at radius 3 is 1.92 bits per heavy atom. The van der Waals surface area contributed by atoms with E-state index < -0.39 is 18.6 Å². The molecular weight excluding hydrogens is 532 g/mol. The maximum atomic E-state index is 12.2. The largest absolute Gasteiger partial charge is 0.485 e. The summed E-state index contributed by atoms with van der Waals surface area (Å²) in [6.07, 6.45) is -3.33. The number of rotatable bonds is 13. The van der Waals surface area contributed by atoms with Gasteiger partial charge < -0.3 is 9.47 Å². The fourth-order valence-corrected chi connectivity index (χ4v) is 4.37. The van der Waals surface area contributed by atoms with E-state index in [9.17, 15) is 18.0 Å². The van der Waals surface area contributed by atoms with Crippen LogP contribution in [-0.2, 0) is 16.0 Å². The predicted octanol–water partition coefficient (Wildman–Crippen LogP) is 7.98. The lowest BCUT2D eigenvalue weighted by Crippen LogP contribution is -2.28. The van der Waals surface area contributed by atoms with Crippen LogP contribution in [0.4, 0.5) is 13.2 Å². The van der Waals surface area contributed by atoms with Gasteiger partial charge in [0, 0.05) is 15.8 Å². The zero-order chi connectivity index (χ0) is 26.0. The van der Waals surface area contributed by atoms with E-state index in [0.29, 0.717) is 16.7 Å². The van der Waals surface area contributed by atoms with Crippen LogP contribution in [0.15, 0.2) is 72.8 Å². The highest BCUT2D eigenvalue weighted by atomic mass is 35.5. The van der Waals surface area contributed by atoms with E-state index in [0.717, 1.165) is 41.0 Å². The summed E-state index contributed by atoms with van der Waals surface area (Å²) in [5.74, 6) is 0.102. The van der Waals surface area contributed by atoms with Gasteiger partial charge in [-0.05, 0) is 71.7 Å². The Morgan fingerprint density at radius 1 is 0.833 bits per heavy atom. The molecule has 0 atom stereocenters. The van der Waals surface area contributed by atoms with Gasteiger partial charge >= 0.3 is 6.18 Å². The number of alkyl halides is 3. The first-order chi connectivity index (χ1) is 17.2. The summed E-state index contributed by atoms with van der Waals surface area (Å²) in [5, 5.41) is 1.34. The zero-order valence-electron chi connectivity index (χ0n) is 19.3. The molecule has 0 spiro atoms. The van der Waals surface area contributed by atoms with Crippen molar-refractivity contribution in [2.24, 2.45) is 0 Å². The summed E-state index contributed by atoms with van der Waals surface area (Å²) in [5.41, 5.74) is 3.08. The standard InChI is InChI=1S/C27H25Cl2F3O3S/c28-22-9-5-20(6-10-22)26(21-7-11-23(29)12-8-21)34-15-17-36-16-1-2-19-3-13-24(14-4-19)35-18-25(33)27(30,31)32/h3-14,26H,1-2,15-18H2. The Labute approximate surface area is 222 Å². The van der Waals surface area contributed by atoms with Crippen LogP contribution < -0.4 is 4.74 Å². The highest BCUT2D eigenvalue weighted by Crippen LogP contribution is 2.28. The second-order valence-electron chi connectivity index (χ2n) is 7.92. The number of ether oxygens (including phenoxy) is 2. The Kier molecular flexibility index (Phi) is 11.0. The predicted molar refractivity (Wildman–Crippen MR) is 139 cm³/mol. The van der Waals surface area contributed by atoms with E-state index in [4.69, 9.17) is 32.7 Å². The number of halogens is 5. The molecule has 3 nitrogen and oxygen atoms in total. The van der Waals surface area contributed by atoms with Crippen molar-refractivity contribution in [3.8, 4) is 5.75 Å². The number of benzene rings is 3. The molecule has 0 unspecified atom stereocenters. The molecule has 3 rings (SSSR count). The van der Waals surface area contributed by atoms with Crippen LogP contribution >= 0.6 is 35.0 Å². The zero-order valence-corrected chi connectivity index (χ0v) is 21.6. The Hall–Kier alpha value is -2.19. The summed E-state index contributed by atoms with van der Waals surface area (Å²) in [7, 11) is 0. The lowest BCUT2D eigenvalue weighted by atomic mass is 10.0. The number of ketones is 1. The van der Waals surface area contributed by atoms with Gasteiger partial charge in [-0.25, -0.2) is 0 Å². The molecule has 0 aliphatic carbocycles. The Bertz CT molecular complexity index is 1040. The summed E-state index contributed by atoms with van der Waals surface area (Å²) < 4.78 is 47.9. The van der Waals surface area contributed by atoms with Crippen molar-refractivity contribution in [1.82, 2.24) is 0 Å². The molecule has 0 amide bonds. The molecule has 0 heterocycles. The second-order valence-corrected chi connectivity index (χ2v) is 10.0. The van der Waals surface area contributed by atoms with E-state index >= 15 is 0 Å². The summed E-state index contributed by atoms with van der Waals surface area (Å²) in [6, 6.07) is 22.0. The normalized spacial score (nSPS) is 11.6. The molecule has 0 bridgehead atoms. The molecule has 0 aromatic heterocycles. The topological polar surface area (TPSA) is 35.5 Å². The number of carbonyl (C=O) groups is 1. The molecule has 3 aromatic rings. The van der Waals surface area contributed by atoms with E-state index in [1.807, 2.05) is 48.5 Å². The maximum Gasteiger partial charge on any atom is 0.453 e. The Balaban J connectivity index is 1.38. The molecule has 0 aliphatic rings. The second kappa shape index (κ2) is 13.9. The molecule has 36 heavy (non-hydrogen) atoms. The number of hydrogen-bond donors (Lipinski definition) is 0. The van der Waals surface area contributed by atoms with Crippen molar-refractivity contribution in [3.63, 3.8) is 0 Å². The third-order valence-corrected chi connectivity index (χ3v) is 6.76. The van der Waals surface area contributed by atoms with Crippen molar-refractivity contribution in [2.75, 3.05) is 24.7 Å². The molecule has 0 saturated heterocycles. The molecular formula is C27H25Cl2F3O3S. The van der Waals surface area contributed by atoms with Gasteiger partial charge in [0.25, 0.3) is 5.78 Å². The minimum absolute atomic E-state index is 0.215. The molecule has 0 radical (unpaired) electrons. The van der Waals surface area contributed by atoms with Gasteiger partial charge in [-0.1, -0.05) is 59.6 Å². The third kappa shape index (κ3) is 9.36. The van der Waals surface area contributed by atoms with Gasteiger partial charge in [0.2, 0.25) is 0 Å². The first kappa shape index (κ1) is 28.4. The van der Waals surface area contributed by atoms with Crippen molar-refractivity contribution in [2.45, 2.75) is 25.1 Å². The number of aryl methyl sites for hydroxylation is 1. The van der Waals surface area contributed by atoms with Crippen LogP contribution in [0, 0.1) is 0 Å². The van der Waals surface area contributed by atoms with Gasteiger partial charge in [-0.2, -0.15) is 24.9 Å². The van der Waals surface area contributed by atoms with Crippen LogP contribution in [0.25, 0.3) is 0 Å². The quantitative estimate of drug-likeness (QED) is 0.200. The maximum absolute atomic E-state index is 12.2. The van der Waals surface area contributed by atoms with Crippen LogP contribution in [0.1, 0.15) is 29.2 Å². The monoisotopic (exact) mass is 556 g/mol. The van der Waals surface area contributed by atoms with Crippen molar-refractivity contribution in [1.29, 1.82) is 0 Å². The fraction of sp³-hybridized carbons (Fsp3) is 0.296. The number of carbonyl (C=O) groups excluding carboxylic acids is 1. The van der Waals surface area contributed by atoms with E-state index in [-0.39, 0.29) is 11.9 Å². The molecule has 0 fully saturated rings. The molecule has 192 valence electrons. The minimum Gasteiger partial charge on any atom is -0.485 e. The summed E-state index contributed by atoms with van der Waals surface area (Å²) in [6.45, 7) is -0.443. The van der Waals surface area contributed by atoms with E-state index in [2.05, 4.69) is 0 Å². The van der Waals surface area contributed by atoms with Gasteiger partial charge in [0.05, 0.1) is 6.61 Å². The molecule has 0 saturated carbocycles.